The minimum absolute atomic E-state index is 0.648. The van der Waals surface area contributed by atoms with E-state index in [0.29, 0.717) is 11.6 Å². The molecule has 0 N–H and O–H groups in total. The fraction of sp³-hybridized carbons (Fsp3) is 0. The molecule has 0 aliphatic rings. The number of hydrogen-bond acceptors (Lipinski definition) is 6. The lowest BCUT2D eigenvalue weighted by Gasteiger charge is -2.14. The number of benzene rings is 7. The van der Waals surface area contributed by atoms with Crippen molar-refractivity contribution in [3.05, 3.63) is 213 Å². The monoisotopic (exact) mass is 781 g/mol. The lowest BCUT2D eigenvalue weighted by molar-refractivity contribution is 0.669. The van der Waals surface area contributed by atoms with Crippen LogP contribution >= 0.6 is 0 Å². The first kappa shape index (κ1) is 35.8. The molecule has 0 aliphatic heterocycles. The Morgan fingerprint density at radius 3 is 1.21 bits per heavy atom. The number of pyridine rings is 1. The highest BCUT2D eigenvalue weighted by atomic mass is 16.3. The normalized spacial score (nSPS) is 11.3. The van der Waals surface area contributed by atoms with E-state index >= 15 is 0 Å². The van der Waals surface area contributed by atoms with Crippen LogP contribution in [-0.4, -0.2) is 24.9 Å². The van der Waals surface area contributed by atoms with Crippen LogP contribution in [0.5, 0.6) is 0 Å². The molecular weight excluding hydrogens is 747 g/mol. The van der Waals surface area contributed by atoms with E-state index in [9.17, 15) is 0 Å². The van der Waals surface area contributed by atoms with Crippen LogP contribution in [0.25, 0.3) is 112 Å². The van der Waals surface area contributed by atoms with Gasteiger partial charge in [0.15, 0.2) is 11.6 Å². The van der Waals surface area contributed by atoms with E-state index in [-0.39, 0.29) is 0 Å². The van der Waals surface area contributed by atoms with Crippen LogP contribution in [0.4, 0.5) is 0 Å². The van der Waals surface area contributed by atoms with Gasteiger partial charge in [0.2, 0.25) is 0 Å². The lowest BCUT2D eigenvalue weighted by Crippen LogP contribution is -1.98. The molecule has 4 heterocycles. The molecule has 4 aromatic heterocycles. The molecule has 0 spiro atoms. The van der Waals surface area contributed by atoms with Gasteiger partial charge in [0.05, 0.1) is 22.8 Å². The summed E-state index contributed by atoms with van der Waals surface area (Å²) < 4.78 is 6.16. The Bertz CT molecular complexity index is 3090. The molecule has 286 valence electrons. The van der Waals surface area contributed by atoms with Crippen LogP contribution in [0.3, 0.4) is 0 Å². The largest absolute Gasteiger partial charge is 0.456 e. The topological polar surface area (TPSA) is 77.6 Å². The quantitative estimate of drug-likeness (QED) is 0.153. The number of rotatable bonds is 8. The lowest BCUT2D eigenvalue weighted by atomic mass is 9.95. The number of nitrogens with zero attached hydrogens (tertiary/aromatic N) is 5. The SMILES string of the molecule is c1ccc(-c2cc(-c3cc(-c4cncc(-c5ccc6oc7ccccc7c6c5)c4)cc(-c4cc(-c5ccccc5)nc(-c5ccccc5)n4)c3)nc(-c3ccccc3)n2)cc1. The molecule has 11 rings (SSSR count). The Morgan fingerprint density at radius 1 is 0.262 bits per heavy atom. The molecule has 0 fully saturated rings. The molecule has 0 unspecified atom stereocenters. The molecule has 11 aromatic rings. The molecule has 0 radical (unpaired) electrons. The molecule has 6 heteroatoms. The summed E-state index contributed by atoms with van der Waals surface area (Å²) in [5.41, 5.74) is 14.7. The smallest absolute Gasteiger partial charge is 0.160 e. The van der Waals surface area contributed by atoms with E-state index in [0.717, 1.165) is 100 Å². The fourth-order valence-electron chi connectivity index (χ4n) is 7.89. The van der Waals surface area contributed by atoms with Gasteiger partial charge in [-0.2, -0.15) is 0 Å². The van der Waals surface area contributed by atoms with E-state index in [1.165, 1.54) is 0 Å². The number of fused-ring (bicyclic) bond motifs is 3. The Morgan fingerprint density at radius 2 is 0.672 bits per heavy atom. The number of aromatic nitrogens is 5. The molecule has 0 bridgehead atoms. The van der Waals surface area contributed by atoms with Crippen molar-refractivity contribution < 1.29 is 4.42 Å². The van der Waals surface area contributed by atoms with Gasteiger partial charge in [-0.15, -0.1) is 0 Å². The average Bonchev–Trinajstić information content (AvgIpc) is 3.73. The van der Waals surface area contributed by atoms with Crippen LogP contribution in [-0.2, 0) is 0 Å². The van der Waals surface area contributed by atoms with E-state index in [4.69, 9.17) is 29.3 Å². The zero-order chi connectivity index (χ0) is 40.5. The predicted molar refractivity (Wildman–Crippen MR) is 246 cm³/mol. The summed E-state index contributed by atoms with van der Waals surface area (Å²) in [7, 11) is 0. The molecule has 0 aliphatic carbocycles. The average molecular weight is 782 g/mol. The van der Waals surface area contributed by atoms with Crippen molar-refractivity contribution in [2.24, 2.45) is 0 Å². The van der Waals surface area contributed by atoms with Gasteiger partial charge in [0.1, 0.15) is 11.2 Å². The van der Waals surface area contributed by atoms with Gasteiger partial charge in [0, 0.05) is 67.7 Å². The highest BCUT2D eigenvalue weighted by Gasteiger charge is 2.17. The van der Waals surface area contributed by atoms with Crippen molar-refractivity contribution >= 4 is 21.9 Å². The molecule has 0 amide bonds. The van der Waals surface area contributed by atoms with Crippen molar-refractivity contribution in [3.8, 4) is 90.1 Å². The van der Waals surface area contributed by atoms with E-state index < -0.39 is 0 Å². The molecular formula is C55H35N5O. The maximum atomic E-state index is 6.16. The second-order valence-corrected chi connectivity index (χ2v) is 15.0. The maximum absolute atomic E-state index is 6.16. The molecule has 0 atom stereocenters. The first-order valence-electron chi connectivity index (χ1n) is 20.2. The minimum atomic E-state index is 0.648. The standard InChI is InChI=1S/C55H35N5O/c1-5-15-36(16-6-1)48-32-50(59-54(57-48)38-19-9-3-10-20-38)42-27-41(45-30-44(34-56-35-45)40-25-26-53-47(31-40)46-23-13-14-24-52(46)61-53)28-43(29-42)51-33-49(37-17-7-2-8-18-37)58-55(60-51)39-21-11-4-12-22-39/h1-35H. The summed E-state index contributed by atoms with van der Waals surface area (Å²) in [4.78, 5) is 25.5. The fourth-order valence-corrected chi connectivity index (χ4v) is 7.89. The van der Waals surface area contributed by atoms with Crippen molar-refractivity contribution in [2.45, 2.75) is 0 Å². The molecule has 61 heavy (non-hydrogen) atoms. The van der Waals surface area contributed by atoms with Gasteiger partial charge in [-0.3, -0.25) is 4.98 Å². The maximum Gasteiger partial charge on any atom is 0.160 e. The first-order valence-corrected chi connectivity index (χ1v) is 20.2. The third-order valence-corrected chi connectivity index (χ3v) is 11.0. The first-order chi connectivity index (χ1) is 30.2. The van der Waals surface area contributed by atoms with E-state index in [2.05, 4.69) is 78.9 Å². The van der Waals surface area contributed by atoms with Crippen LogP contribution in [0.1, 0.15) is 0 Å². The Balaban J connectivity index is 1.12. The molecule has 6 nitrogen and oxygen atoms in total. The third kappa shape index (κ3) is 7.13. The summed E-state index contributed by atoms with van der Waals surface area (Å²) in [6.45, 7) is 0. The second kappa shape index (κ2) is 15.4. The van der Waals surface area contributed by atoms with Gasteiger partial charge in [-0.1, -0.05) is 146 Å². The Kier molecular flexibility index (Phi) is 9.06. The summed E-state index contributed by atoms with van der Waals surface area (Å²) in [6.07, 6.45) is 3.84. The van der Waals surface area contributed by atoms with E-state index in [1.54, 1.807) is 0 Å². The number of furan rings is 1. The summed E-state index contributed by atoms with van der Waals surface area (Å²) in [5, 5.41) is 2.16. The highest BCUT2D eigenvalue weighted by molar-refractivity contribution is 6.06. The predicted octanol–water partition coefficient (Wildman–Crippen LogP) is 13.9. The van der Waals surface area contributed by atoms with Crippen molar-refractivity contribution in [1.82, 2.24) is 24.9 Å². The van der Waals surface area contributed by atoms with Crippen molar-refractivity contribution in [1.29, 1.82) is 0 Å². The second-order valence-electron chi connectivity index (χ2n) is 15.0. The summed E-state index contributed by atoms with van der Waals surface area (Å²) >= 11 is 0. The Labute approximate surface area is 352 Å². The number of hydrogen-bond donors (Lipinski definition) is 0. The van der Waals surface area contributed by atoms with Gasteiger partial charge in [-0.05, 0) is 65.7 Å². The van der Waals surface area contributed by atoms with E-state index in [1.807, 2.05) is 134 Å². The zero-order valence-electron chi connectivity index (χ0n) is 32.9. The number of para-hydroxylation sites is 1. The molecule has 7 aromatic carbocycles. The van der Waals surface area contributed by atoms with Crippen LogP contribution in [0, 0.1) is 0 Å². The highest BCUT2D eigenvalue weighted by Crippen LogP contribution is 2.38. The van der Waals surface area contributed by atoms with Gasteiger partial charge in [0.25, 0.3) is 0 Å². The van der Waals surface area contributed by atoms with Crippen LogP contribution < -0.4 is 0 Å². The van der Waals surface area contributed by atoms with Crippen molar-refractivity contribution in [3.63, 3.8) is 0 Å². The van der Waals surface area contributed by atoms with Crippen LogP contribution in [0.15, 0.2) is 217 Å². The van der Waals surface area contributed by atoms with Crippen LogP contribution in [0.2, 0.25) is 0 Å². The zero-order valence-corrected chi connectivity index (χ0v) is 32.9. The van der Waals surface area contributed by atoms with Crippen molar-refractivity contribution in [2.75, 3.05) is 0 Å². The third-order valence-electron chi connectivity index (χ3n) is 11.0. The minimum Gasteiger partial charge on any atom is -0.456 e. The summed E-state index contributed by atoms with van der Waals surface area (Å²) in [5.74, 6) is 1.30. The molecule has 0 saturated heterocycles. The van der Waals surface area contributed by atoms with Gasteiger partial charge in [-0.25, -0.2) is 19.9 Å². The Hall–Kier alpha value is -8.35. The molecule has 0 saturated carbocycles. The van der Waals surface area contributed by atoms with Gasteiger partial charge >= 0.3 is 0 Å². The summed E-state index contributed by atoms with van der Waals surface area (Å²) in [6, 6.07) is 68.2. The van der Waals surface area contributed by atoms with Gasteiger partial charge < -0.3 is 4.42 Å².